The van der Waals surface area contributed by atoms with Gasteiger partial charge in [0, 0.05) is 16.7 Å². The number of aromatic nitrogens is 1. The Balaban J connectivity index is 2.56. The number of hydrogen-bond donors (Lipinski definition) is 0. The monoisotopic (exact) mass is 376 g/mol. The Morgan fingerprint density at radius 2 is 2.00 bits per heavy atom. The van der Waals surface area contributed by atoms with Crippen LogP contribution in [0.2, 0.25) is 0 Å². The van der Waals surface area contributed by atoms with Crippen molar-refractivity contribution in [3.05, 3.63) is 51.1 Å². The highest BCUT2D eigenvalue weighted by atomic mass is 79.9. The van der Waals surface area contributed by atoms with Crippen molar-refractivity contribution in [3.8, 4) is 5.88 Å². The molecule has 0 spiro atoms. The lowest BCUT2D eigenvalue weighted by Crippen LogP contribution is -2.32. The molecule has 0 bridgehead atoms. The predicted octanol–water partition coefficient (Wildman–Crippen LogP) is 4.44. The molecule has 122 valence electrons. The third-order valence-electron chi connectivity index (χ3n) is 3.79. The van der Waals surface area contributed by atoms with E-state index in [0.29, 0.717) is 18.0 Å². The van der Waals surface area contributed by atoms with Crippen molar-refractivity contribution >= 4 is 27.5 Å². The van der Waals surface area contributed by atoms with Gasteiger partial charge in [-0.3, -0.25) is 4.79 Å². The molecule has 2 aromatic rings. The van der Waals surface area contributed by atoms with Gasteiger partial charge in [-0.05, 0) is 66.9 Å². The Kier molecular flexibility index (Phi) is 5.42. The number of nitrogens with zero attached hydrogens (tertiary/aromatic N) is 2. The number of methoxy groups -OCH3 is 1. The Morgan fingerprint density at radius 1 is 1.30 bits per heavy atom. The third-order valence-corrected chi connectivity index (χ3v) is 4.96. The van der Waals surface area contributed by atoms with Crippen molar-refractivity contribution in [1.29, 1.82) is 0 Å². The zero-order valence-corrected chi connectivity index (χ0v) is 15.7. The number of amides is 1. The van der Waals surface area contributed by atoms with Crippen LogP contribution < -0.4 is 9.64 Å². The lowest BCUT2D eigenvalue weighted by atomic mass is 10.1. The van der Waals surface area contributed by atoms with Crippen LogP contribution in [0.5, 0.6) is 5.88 Å². The van der Waals surface area contributed by atoms with Crippen LogP contribution in [-0.2, 0) is 0 Å². The van der Waals surface area contributed by atoms with E-state index in [1.807, 2.05) is 52.0 Å². The molecule has 0 saturated heterocycles. The first kappa shape index (κ1) is 17.5. The molecule has 4 nitrogen and oxygen atoms in total. The van der Waals surface area contributed by atoms with Crippen LogP contribution in [0.25, 0.3) is 0 Å². The van der Waals surface area contributed by atoms with Crippen LogP contribution in [0.3, 0.4) is 0 Å². The van der Waals surface area contributed by atoms with Crippen LogP contribution in [0.15, 0.2) is 28.7 Å². The third kappa shape index (κ3) is 3.39. The van der Waals surface area contributed by atoms with Gasteiger partial charge in [0.15, 0.2) is 0 Å². The Morgan fingerprint density at radius 3 is 2.57 bits per heavy atom. The zero-order valence-electron chi connectivity index (χ0n) is 14.1. The molecule has 1 heterocycles. The normalized spacial score (nSPS) is 10.5. The second-order valence-electron chi connectivity index (χ2n) is 5.41. The summed E-state index contributed by atoms with van der Waals surface area (Å²) >= 11 is 3.51. The van der Waals surface area contributed by atoms with E-state index in [9.17, 15) is 4.79 Å². The molecule has 1 aromatic carbocycles. The molecule has 0 unspecified atom stereocenters. The first-order valence-electron chi connectivity index (χ1n) is 7.49. The summed E-state index contributed by atoms with van der Waals surface area (Å²) in [6, 6.07) is 7.90. The van der Waals surface area contributed by atoms with E-state index in [1.54, 1.807) is 4.90 Å². The van der Waals surface area contributed by atoms with Gasteiger partial charge in [-0.15, -0.1) is 0 Å². The molecule has 2 rings (SSSR count). The number of pyridine rings is 1. The van der Waals surface area contributed by atoms with Crippen LogP contribution >= 0.6 is 15.9 Å². The summed E-state index contributed by atoms with van der Waals surface area (Å²) in [6.45, 7) is 8.32. The quantitative estimate of drug-likeness (QED) is 0.791. The molecule has 1 amide bonds. The fraction of sp³-hybridized carbons (Fsp3) is 0.333. The van der Waals surface area contributed by atoms with E-state index in [0.717, 1.165) is 27.0 Å². The standard InChI is InChI=1S/C18H21BrN2O2/c1-6-21(14-9-7-8-11(2)10-14)18(22)15-12(3)16(19)13(4)20-17(15)23-5/h7-10H,6H2,1-5H3. The second kappa shape index (κ2) is 7.13. The van der Waals surface area contributed by atoms with Gasteiger partial charge in [0.2, 0.25) is 5.88 Å². The number of aryl methyl sites for hydroxylation is 2. The van der Waals surface area contributed by atoms with Crippen molar-refractivity contribution in [2.24, 2.45) is 0 Å². The molecule has 0 aliphatic rings. The Hall–Kier alpha value is -1.88. The molecule has 0 fully saturated rings. The molecule has 23 heavy (non-hydrogen) atoms. The first-order valence-corrected chi connectivity index (χ1v) is 8.29. The van der Waals surface area contributed by atoms with E-state index in [1.165, 1.54) is 7.11 Å². The summed E-state index contributed by atoms with van der Waals surface area (Å²) < 4.78 is 6.19. The van der Waals surface area contributed by atoms with Gasteiger partial charge >= 0.3 is 0 Å². The highest BCUT2D eigenvalue weighted by Crippen LogP contribution is 2.31. The van der Waals surface area contributed by atoms with E-state index >= 15 is 0 Å². The molecule has 0 N–H and O–H groups in total. The minimum Gasteiger partial charge on any atom is -0.480 e. The molecule has 0 radical (unpaired) electrons. The largest absolute Gasteiger partial charge is 0.480 e. The van der Waals surface area contributed by atoms with Gasteiger partial charge in [-0.25, -0.2) is 4.98 Å². The first-order chi connectivity index (χ1) is 10.9. The predicted molar refractivity (Wildman–Crippen MR) is 96.5 cm³/mol. The number of carbonyl (C=O) groups is 1. The van der Waals surface area contributed by atoms with E-state index < -0.39 is 0 Å². The molecule has 0 atom stereocenters. The molecule has 1 aromatic heterocycles. The molecular weight excluding hydrogens is 356 g/mol. The van der Waals surface area contributed by atoms with Gasteiger partial charge in [0.1, 0.15) is 5.56 Å². The van der Waals surface area contributed by atoms with Crippen molar-refractivity contribution in [2.75, 3.05) is 18.6 Å². The minimum absolute atomic E-state index is 0.111. The molecule has 0 aliphatic heterocycles. The summed E-state index contributed by atoms with van der Waals surface area (Å²) in [5, 5.41) is 0. The average molecular weight is 377 g/mol. The summed E-state index contributed by atoms with van der Waals surface area (Å²) in [5.41, 5.74) is 4.12. The highest BCUT2D eigenvalue weighted by Gasteiger charge is 2.25. The van der Waals surface area contributed by atoms with Gasteiger partial charge < -0.3 is 9.64 Å². The highest BCUT2D eigenvalue weighted by molar-refractivity contribution is 9.10. The fourth-order valence-corrected chi connectivity index (χ4v) is 2.86. The molecule has 0 saturated carbocycles. The smallest absolute Gasteiger partial charge is 0.264 e. The van der Waals surface area contributed by atoms with Gasteiger partial charge in [0.05, 0.1) is 12.8 Å². The number of halogens is 1. The van der Waals surface area contributed by atoms with E-state index in [4.69, 9.17) is 4.74 Å². The lowest BCUT2D eigenvalue weighted by molar-refractivity contribution is 0.0984. The second-order valence-corrected chi connectivity index (χ2v) is 6.20. The molecule has 5 heteroatoms. The number of anilines is 1. The lowest BCUT2D eigenvalue weighted by Gasteiger charge is -2.24. The van der Waals surface area contributed by atoms with Crippen LogP contribution in [0.4, 0.5) is 5.69 Å². The Bertz CT molecular complexity index is 744. The van der Waals surface area contributed by atoms with Crippen LogP contribution in [0.1, 0.15) is 34.1 Å². The number of hydrogen-bond acceptors (Lipinski definition) is 3. The van der Waals surface area contributed by atoms with Crippen molar-refractivity contribution in [2.45, 2.75) is 27.7 Å². The van der Waals surface area contributed by atoms with Gasteiger partial charge in [-0.2, -0.15) is 0 Å². The minimum atomic E-state index is -0.111. The van der Waals surface area contributed by atoms with Crippen molar-refractivity contribution < 1.29 is 9.53 Å². The van der Waals surface area contributed by atoms with Gasteiger partial charge in [-0.1, -0.05) is 12.1 Å². The number of benzene rings is 1. The van der Waals surface area contributed by atoms with Crippen LogP contribution in [-0.4, -0.2) is 24.5 Å². The summed E-state index contributed by atoms with van der Waals surface area (Å²) in [7, 11) is 1.54. The summed E-state index contributed by atoms with van der Waals surface area (Å²) in [4.78, 5) is 19.3. The molecular formula is C18H21BrN2O2. The maximum atomic E-state index is 13.1. The number of rotatable bonds is 4. The van der Waals surface area contributed by atoms with E-state index in [-0.39, 0.29) is 5.91 Å². The SMILES string of the molecule is CCN(C(=O)c1c(OC)nc(C)c(Br)c1C)c1cccc(C)c1. The molecule has 0 aliphatic carbocycles. The average Bonchev–Trinajstić information content (AvgIpc) is 2.52. The number of ether oxygens (including phenoxy) is 1. The maximum Gasteiger partial charge on any atom is 0.264 e. The zero-order chi connectivity index (χ0) is 17.1. The van der Waals surface area contributed by atoms with Crippen molar-refractivity contribution in [3.63, 3.8) is 0 Å². The van der Waals surface area contributed by atoms with Crippen molar-refractivity contribution in [1.82, 2.24) is 4.98 Å². The summed E-state index contributed by atoms with van der Waals surface area (Å²) in [5.74, 6) is 0.250. The fourth-order valence-electron chi connectivity index (χ4n) is 2.57. The number of carbonyl (C=O) groups excluding carboxylic acids is 1. The maximum absolute atomic E-state index is 13.1. The topological polar surface area (TPSA) is 42.4 Å². The van der Waals surface area contributed by atoms with E-state index in [2.05, 4.69) is 20.9 Å². The Labute approximate surface area is 145 Å². The van der Waals surface area contributed by atoms with Gasteiger partial charge in [0.25, 0.3) is 5.91 Å². The van der Waals surface area contributed by atoms with Crippen LogP contribution in [0, 0.1) is 20.8 Å². The summed E-state index contributed by atoms with van der Waals surface area (Å²) in [6.07, 6.45) is 0.